The van der Waals surface area contributed by atoms with E-state index in [1.165, 1.54) is 0 Å². The van der Waals surface area contributed by atoms with Gasteiger partial charge in [-0.2, -0.15) is 0 Å². The maximum Gasteiger partial charge on any atom is 0.252 e. The molecule has 3 N–H and O–H groups in total. The molecule has 6 nitrogen and oxygen atoms in total. The zero-order valence-corrected chi connectivity index (χ0v) is 16.2. The lowest BCUT2D eigenvalue weighted by atomic mass is 10.1. The van der Waals surface area contributed by atoms with Gasteiger partial charge in [0, 0.05) is 42.9 Å². The molecule has 3 aromatic rings. The Hall–Kier alpha value is -2.96. The zero-order valence-electron chi connectivity index (χ0n) is 16.2. The maximum absolute atomic E-state index is 12.4. The number of carbonyl (C=O) groups excluding carboxylic acids is 1. The van der Waals surface area contributed by atoms with Gasteiger partial charge in [-0.25, -0.2) is 0 Å². The van der Waals surface area contributed by atoms with E-state index >= 15 is 0 Å². The first-order valence-electron chi connectivity index (χ1n) is 9.99. The number of aromatic amines is 1. The minimum Gasteiger partial charge on any atom is -0.376 e. The Bertz CT molecular complexity index is 1050. The first-order chi connectivity index (χ1) is 14.2. The van der Waals surface area contributed by atoms with E-state index in [-0.39, 0.29) is 17.6 Å². The van der Waals surface area contributed by atoms with Gasteiger partial charge in [-0.1, -0.05) is 30.3 Å². The number of amides is 1. The van der Waals surface area contributed by atoms with Gasteiger partial charge in [0.05, 0.1) is 6.10 Å². The van der Waals surface area contributed by atoms with E-state index in [4.69, 9.17) is 4.74 Å². The quantitative estimate of drug-likeness (QED) is 0.578. The van der Waals surface area contributed by atoms with Crippen molar-refractivity contribution in [3.63, 3.8) is 0 Å². The number of pyridine rings is 1. The smallest absolute Gasteiger partial charge is 0.252 e. The van der Waals surface area contributed by atoms with Gasteiger partial charge in [-0.3, -0.25) is 9.59 Å². The van der Waals surface area contributed by atoms with Gasteiger partial charge in [-0.15, -0.1) is 0 Å². The number of ether oxygens (including phenoxy) is 1. The molecule has 29 heavy (non-hydrogen) atoms. The van der Waals surface area contributed by atoms with Crippen molar-refractivity contribution in [2.24, 2.45) is 0 Å². The number of aromatic nitrogens is 1. The summed E-state index contributed by atoms with van der Waals surface area (Å²) in [5, 5.41) is 7.25. The Morgan fingerprint density at radius 3 is 2.86 bits per heavy atom. The van der Waals surface area contributed by atoms with Crippen LogP contribution < -0.4 is 16.2 Å². The topological polar surface area (TPSA) is 83.2 Å². The molecule has 1 fully saturated rings. The van der Waals surface area contributed by atoms with Crippen LogP contribution >= 0.6 is 0 Å². The molecule has 0 spiro atoms. The fourth-order valence-corrected chi connectivity index (χ4v) is 3.60. The average Bonchev–Trinajstić information content (AvgIpc) is 3.26. The minimum atomic E-state index is -0.0895. The summed E-state index contributed by atoms with van der Waals surface area (Å²) in [5.74, 6) is -0.0895. The van der Waals surface area contributed by atoms with E-state index in [9.17, 15) is 9.59 Å². The highest BCUT2D eigenvalue weighted by Crippen LogP contribution is 2.12. The normalized spacial score (nSPS) is 16.2. The summed E-state index contributed by atoms with van der Waals surface area (Å²) >= 11 is 0. The number of fused-ring (bicyclic) bond motifs is 1. The monoisotopic (exact) mass is 391 g/mol. The first-order valence-corrected chi connectivity index (χ1v) is 9.99. The predicted octanol–water partition coefficient (Wildman–Crippen LogP) is 2.73. The van der Waals surface area contributed by atoms with Gasteiger partial charge in [0.15, 0.2) is 0 Å². The SMILES string of the molecule is O=C(NCC1CCCO1)c1cccc(CNCc2cc3ccccc3[nH]c2=O)c1. The molecule has 0 bridgehead atoms. The van der Waals surface area contributed by atoms with Gasteiger partial charge < -0.3 is 20.4 Å². The first kappa shape index (κ1) is 19.4. The van der Waals surface area contributed by atoms with Gasteiger partial charge in [0.1, 0.15) is 0 Å². The number of nitrogens with one attached hydrogen (secondary N) is 3. The molecule has 1 aliphatic rings. The molecule has 150 valence electrons. The summed E-state index contributed by atoms with van der Waals surface area (Å²) in [5.41, 5.74) is 3.06. The van der Waals surface area contributed by atoms with Crippen LogP contribution in [0.15, 0.2) is 59.4 Å². The third-order valence-electron chi connectivity index (χ3n) is 5.18. The second kappa shape index (κ2) is 9.03. The molecule has 0 saturated carbocycles. The molecular formula is C23H25N3O3. The van der Waals surface area contributed by atoms with E-state index in [2.05, 4.69) is 15.6 Å². The number of para-hydroxylation sites is 1. The van der Waals surface area contributed by atoms with Gasteiger partial charge in [-0.05, 0) is 48.1 Å². The molecule has 2 aromatic carbocycles. The summed E-state index contributed by atoms with van der Waals surface area (Å²) in [4.78, 5) is 27.5. The molecular weight excluding hydrogens is 366 g/mol. The second-order valence-corrected chi connectivity index (χ2v) is 7.36. The fourth-order valence-electron chi connectivity index (χ4n) is 3.60. The van der Waals surface area contributed by atoms with Crippen LogP contribution in [-0.2, 0) is 17.8 Å². The van der Waals surface area contributed by atoms with Gasteiger partial charge in [0.2, 0.25) is 0 Å². The Morgan fingerprint density at radius 2 is 2.00 bits per heavy atom. The van der Waals surface area contributed by atoms with Crippen LogP contribution in [0.4, 0.5) is 0 Å². The molecule has 0 radical (unpaired) electrons. The van der Waals surface area contributed by atoms with Crippen LogP contribution in [0.5, 0.6) is 0 Å². The number of rotatable bonds is 7. The zero-order chi connectivity index (χ0) is 20.1. The third kappa shape index (κ3) is 4.91. The average molecular weight is 391 g/mol. The van der Waals surface area contributed by atoms with Crippen molar-refractivity contribution < 1.29 is 9.53 Å². The lowest BCUT2D eigenvalue weighted by Gasteiger charge is -2.11. The number of hydrogen-bond acceptors (Lipinski definition) is 4. The van der Waals surface area contributed by atoms with Crippen LogP contribution in [0.25, 0.3) is 10.9 Å². The van der Waals surface area contributed by atoms with Crippen molar-refractivity contribution >= 4 is 16.8 Å². The van der Waals surface area contributed by atoms with Crippen molar-refractivity contribution in [1.29, 1.82) is 0 Å². The predicted molar refractivity (Wildman–Crippen MR) is 113 cm³/mol. The second-order valence-electron chi connectivity index (χ2n) is 7.36. The molecule has 1 aromatic heterocycles. The van der Waals surface area contributed by atoms with Crippen LogP contribution in [0, 0.1) is 0 Å². The molecule has 1 saturated heterocycles. The van der Waals surface area contributed by atoms with E-state index in [1.54, 1.807) is 0 Å². The molecule has 0 aliphatic carbocycles. The van der Waals surface area contributed by atoms with Crippen LogP contribution in [0.1, 0.15) is 34.3 Å². The molecule has 2 heterocycles. The summed E-state index contributed by atoms with van der Waals surface area (Å²) in [7, 11) is 0. The summed E-state index contributed by atoms with van der Waals surface area (Å²) in [6.45, 7) is 2.35. The van der Waals surface area contributed by atoms with Crippen molar-refractivity contribution in [3.8, 4) is 0 Å². The summed E-state index contributed by atoms with van der Waals surface area (Å²) in [6, 6.07) is 17.2. The van der Waals surface area contributed by atoms with E-state index < -0.39 is 0 Å². The molecule has 1 amide bonds. The molecule has 6 heteroatoms. The van der Waals surface area contributed by atoms with Gasteiger partial charge >= 0.3 is 0 Å². The van der Waals surface area contributed by atoms with Crippen LogP contribution in [0.2, 0.25) is 0 Å². The highest BCUT2D eigenvalue weighted by atomic mass is 16.5. The molecule has 4 rings (SSSR count). The Balaban J connectivity index is 1.34. The summed E-state index contributed by atoms with van der Waals surface area (Å²) < 4.78 is 5.54. The Labute approximate surface area is 169 Å². The Morgan fingerprint density at radius 1 is 1.10 bits per heavy atom. The van der Waals surface area contributed by atoms with Crippen molar-refractivity contribution in [1.82, 2.24) is 15.6 Å². The molecule has 1 atom stereocenters. The fraction of sp³-hybridized carbons (Fsp3) is 0.304. The lowest BCUT2D eigenvalue weighted by Crippen LogP contribution is -2.31. The maximum atomic E-state index is 12.4. The summed E-state index contributed by atoms with van der Waals surface area (Å²) in [6.07, 6.45) is 2.18. The molecule has 1 unspecified atom stereocenters. The van der Waals surface area contributed by atoms with Crippen molar-refractivity contribution in [2.45, 2.75) is 32.0 Å². The van der Waals surface area contributed by atoms with Crippen molar-refractivity contribution in [3.05, 3.63) is 81.6 Å². The molecule has 1 aliphatic heterocycles. The number of H-pyrrole nitrogens is 1. The standard InChI is InChI=1S/C23H25N3O3/c27-22(25-15-20-8-4-10-29-20)18-7-3-5-16(11-18)13-24-14-19-12-17-6-1-2-9-21(17)26-23(19)28/h1-3,5-7,9,11-12,20,24H,4,8,10,13-15H2,(H,25,27)(H,26,28). The number of carbonyl (C=O) groups is 1. The van der Waals surface area contributed by atoms with Crippen LogP contribution in [0.3, 0.4) is 0 Å². The van der Waals surface area contributed by atoms with E-state index in [0.717, 1.165) is 35.9 Å². The van der Waals surface area contributed by atoms with Crippen molar-refractivity contribution in [2.75, 3.05) is 13.2 Å². The minimum absolute atomic E-state index is 0.0848. The lowest BCUT2D eigenvalue weighted by molar-refractivity contribution is 0.0857. The number of benzene rings is 2. The number of hydrogen-bond donors (Lipinski definition) is 3. The van der Waals surface area contributed by atoms with Gasteiger partial charge in [0.25, 0.3) is 11.5 Å². The largest absolute Gasteiger partial charge is 0.376 e. The Kier molecular flexibility index (Phi) is 6.03. The van der Waals surface area contributed by atoms with E-state index in [0.29, 0.717) is 30.8 Å². The highest BCUT2D eigenvalue weighted by molar-refractivity contribution is 5.94. The highest BCUT2D eigenvalue weighted by Gasteiger charge is 2.16. The van der Waals surface area contributed by atoms with Crippen LogP contribution in [-0.4, -0.2) is 30.1 Å². The van der Waals surface area contributed by atoms with E-state index in [1.807, 2.05) is 54.6 Å². The third-order valence-corrected chi connectivity index (χ3v) is 5.18.